The summed E-state index contributed by atoms with van der Waals surface area (Å²) in [5, 5.41) is 22.1. The summed E-state index contributed by atoms with van der Waals surface area (Å²) < 4.78 is 12.8. The molecule has 0 N–H and O–H groups in total. The van der Waals surface area contributed by atoms with Crippen molar-refractivity contribution in [2.24, 2.45) is 0 Å². The Bertz CT molecular complexity index is 1440. The average Bonchev–Trinajstić information content (AvgIpc) is 3.45. The predicted molar refractivity (Wildman–Crippen MR) is 118 cm³/mol. The van der Waals surface area contributed by atoms with Gasteiger partial charge in [-0.2, -0.15) is 5.10 Å². The van der Waals surface area contributed by atoms with E-state index in [0.717, 1.165) is 5.56 Å². The van der Waals surface area contributed by atoms with E-state index >= 15 is 0 Å². The SMILES string of the molecule is Cc1nnc(C(C)Sc2nnc(-c3nn(Cc4ccccc4)c(=O)c4ccccc34)o2)o1. The van der Waals surface area contributed by atoms with Gasteiger partial charge in [0.15, 0.2) is 5.69 Å². The summed E-state index contributed by atoms with van der Waals surface area (Å²) in [6, 6.07) is 17.0. The number of aryl methyl sites for hydroxylation is 1. The molecule has 1 atom stereocenters. The van der Waals surface area contributed by atoms with Crippen LogP contribution in [0.1, 0.15) is 29.5 Å². The highest BCUT2D eigenvalue weighted by Crippen LogP contribution is 2.35. The van der Waals surface area contributed by atoms with Gasteiger partial charge < -0.3 is 8.83 Å². The molecule has 0 amide bonds. The molecule has 9 nitrogen and oxygen atoms in total. The van der Waals surface area contributed by atoms with Crippen LogP contribution in [0.2, 0.25) is 0 Å². The maximum Gasteiger partial charge on any atom is 0.277 e. The van der Waals surface area contributed by atoms with E-state index in [0.29, 0.717) is 40.0 Å². The minimum atomic E-state index is -0.178. The van der Waals surface area contributed by atoms with E-state index in [1.54, 1.807) is 13.0 Å². The molecule has 1 unspecified atom stereocenters. The summed E-state index contributed by atoms with van der Waals surface area (Å²) in [6.07, 6.45) is 0. The molecule has 2 aromatic carbocycles. The molecule has 0 saturated heterocycles. The van der Waals surface area contributed by atoms with Crippen LogP contribution >= 0.6 is 11.8 Å². The topological polar surface area (TPSA) is 113 Å². The van der Waals surface area contributed by atoms with Crippen molar-refractivity contribution >= 4 is 22.5 Å². The fourth-order valence-electron chi connectivity index (χ4n) is 3.29. The molecule has 3 heterocycles. The largest absolute Gasteiger partial charge is 0.424 e. The molecule has 0 saturated carbocycles. The number of benzene rings is 2. The number of fused-ring (bicyclic) bond motifs is 1. The summed E-state index contributed by atoms with van der Waals surface area (Å²) >= 11 is 1.31. The van der Waals surface area contributed by atoms with Crippen LogP contribution in [0, 0.1) is 6.92 Å². The molecule has 0 aliphatic carbocycles. The van der Waals surface area contributed by atoms with Crippen molar-refractivity contribution in [3.8, 4) is 11.6 Å². The highest BCUT2D eigenvalue weighted by Gasteiger charge is 2.21. The van der Waals surface area contributed by atoms with E-state index in [2.05, 4.69) is 25.5 Å². The van der Waals surface area contributed by atoms with Crippen molar-refractivity contribution < 1.29 is 8.83 Å². The highest BCUT2D eigenvalue weighted by molar-refractivity contribution is 7.99. The van der Waals surface area contributed by atoms with Crippen LogP contribution in [0.4, 0.5) is 0 Å². The first-order chi connectivity index (χ1) is 15.6. The molecule has 0 aliphatic heterocycles. The Morgan fingerprint density at radius 3 is 2.44 bits per heavy atom. The van der Waals surface area contributed by atoms with Crippen LogP contribution in [0.5, 0.6) is 0 Å². The number of thioether (sulfide) groups is 1. The maximum atomic E-state index is 13.0. The van der Waals surface area contributed by atoms with Gasteiger partial charge >= 0.3 is 0 Å². The first kappa shape index (κ1) is 20.1. The number of aromatic nitrogens is 6. The zero-order chi connectivity index (χ0) is 22.1. The fourth-order valence-corrected chi connectivity index (χ4v) is 4.00. The minimum Gasteiger partial charge on any atom is -0.424 e. The molecular formula is C22H18N6O3S. The van der Waals surface area contributed by atoms with Gasteiger partial charge in [0, 0.05) is 12.3 Å². The third-order valence-electron chi connectivity index (χ3n) is 4.82. The second-order valence-corrected chi connectivity index (χ2v) is 8.43. The van der Waals surface area contributed by atoms with E-state index in [1.807, 2.05) is 55.5 Å². The highest BCUT2D eigenvalue weighted by atomic mass is 32.2. The van der Waals surface area contributed by atoms with Crippen molar-refractivity contribution in [3.05, 3.63) is 82.3 Å². The van der Waals surface area contributed by atoms with Gasteiger partial charge in [0.2, 0.25) is 11.8 Å². The Labute approximate surface area is 186 Å². The molecule has 160 valence electrons. The lowest BCUT2D eigenvalue weighted by Gasteiger charge is -2.09. The van der Waals surface area contributed by atoms with E-state index in [9.17, 15) is 4.79 Å². The van der Waals surface area contributed by atoms with Crippen LogP contribution < -0.4 is 5.56 Å². The fraction of sp³-hybridized carbons (Fsp3) is 0.182. The summed E-state index contributed by atoms with van der Waals surface area (Å²) in [5.41, 5.74) is 1.24. The summed E-state index contributed by atoms with van der Waals surface area (Å²) in [5.74, 6) is 1.21. The first-order valence-corrected chi connectivity index (χ1v) is 10.8. The Balaban J connectivity index is 1.52. The first-order valence-electron chi connectivity index (χ1n) is 9.93. The van der Waals surface area contributed by atoms with Gasteiger partial charge in [0.25, 0.3) is 16.7 Å². The molecule has 5 aromatic rings. The van der Waals surface area contributed by atoms with Gasteiger partial charge in [-0.05, 0) is 18.6 Å². The van der Waals surface area contributed by atoms with Crippen molar-refractivity contribution in [2.45, 2.75) is 30.9 Å². The standard InChI is InChI=1S/C22H18N6O3S/c1-13(19-24-23-14(2)30-19)32-22-26-25-20(31-22)18-16-10-6-7-11-17(16)21(29)28(27-18)12-15-8-4-3-5-9-15/h3-11,13H,12H2,1-2H3. The predicted octanol–water partition coefficient (Wildman–Crippen LogP) is 4.04. The number of nitrogens with zero attached hydrogens (tertiary/aromatic N) is 6. The van der Waals surface area contributed by atoms with E-state index in [-0.39, 0.29) is 16.7 Å². The monoisotopic (exact) mass is 446 g/mol. The lowest BCUT2D eigenvalue weighted by Crippen LogP contribution is -2.24. The van der Waals surface area contributed by atoms with Crippen LogP contribution in [0.3, 0.4) is 0 Å². The lowest BCUT2D eigenvalue weighted by atomic mass is 10.1. The second kappa shape index (κ2) is 8.39. The Morgan fingerprint density at radius 2 is 1.69 bits per heavy atom. The van der Waals surface area contributed by atoms with Crippen molar-refractivity contribution in [3.63, 3.8) is 0 Å². The molecule has 0 radical (unpaired) electrons. The van der Waals surface area contributed by atoms with E-state index < -0.39 is 0 Å². The zero-order valence-electron chi connectivity index (χ0n) is 17.3. The minimum absolute atomic E-state index is 0.166. The lowest BCUT2D eigenvalue weighted by molar-refractivity contribution is 0.453. The Hall–Kier alpha value is -3.79. The third kappa shape index (κ3) is 3.92. The average molecular weight is 446 g/mol. The van der Waals surface area contributed by atoms with Gasteiger partial charge in [-0.3, -0.25) is 4.79 Å². The zero-order valence-corrected chi connectivity index (χ0v) is 18.1. The molecule has 0 bridgehead atoms. The maximum absolute atomic E-state index is 13.0. The number of rotatable bonds is 6. The number of hydrogen-bond acceptors (Lipinski definition) is 9. The molecule has 32 heavy (non-hydrogen) atoms. The second-order valence-electron chi connectivity index (χ2n) is 7.14. The van der Waals surface area contributed by atoms with Crippen LogP contribution in [0.15, 0.2) is 73.4 Å². The molecule has 5 rings (SSSR count). The van der Waals surface area contributed by atoms with Crippen LogP contribution in [0.25, 0.3) is 22.4 Å². The number of hydrogen-bond donors (Lipinski definition) is 0. The van der Waals surface area contributed by atoms with Gasteiger partial charge in [0.05, 0.1) is 17.2 Å². The Kier molecular flexibility index (Phi) is 5.28. The Morgan fingerprint density at radius 1 is 0.938 bits per heavy atom. The molecular weight excluding hydrogens is 428 g/mol. The normalized spacial score (nSPS) is 12.3. The summed E-state index contributed by atoms with van der Waals surface area (Å²) in [4.78, 5) is 13.0. The van der Waals surface area contributed by atoms with Crippen molar-refractivity contribution in [1.82, 2.24) is 30.2 Å². The van der Waals surface area contributed by atoms with Crippen LogP contribution in [-0.4, -0.2) is 30.2 Å². The van der Waals surface area contributed by atoms with Crippen LogP contribution in [-0.2, 0) is 6.54 Å². The van der Waals surface area contributed by atoms with Gasteiger partial charge in [-0.15, -0.1) is 20.4 Å². The van der Waals surface area contributed by atoms with E-state index in [4.69, 9.17) is 8.83 Å². The van der Waals surface area contributed by atoms with Crippen molar-refractivity contribution in [1.29, 1.82) is 0 Å². The smallest absolute Gasteiger partial charge is 0.277 e. The molecule has 0 aliphatic rings. The van der Waals surface area contributed by atoms with E-state index in [1.165, 1.54) is 16.4 Å². The third-order valence-corrected chi connectivity index (χ3v) is 5.74. The summed E-state index contributed by atoms with van der Waals surface area (Å²) in [7, 11) is 0. The molecule has 10 heteroatoms. The quantitative estimate of drug-likeness (QED) is 0.357. The van der Waals surface area contributed by atoms with Gasteiger partial charge in [-0.1, -0.05) is 60.3 Å². The summed E-state index contributed by atoms with van der Waals surface area (Å²) in [6.45, 7) is 3.98. The van der Waals surface area contributed by atoms with Gasteiger partial charge in [-0.25, -0.2) is 4.68 Å². The van der Waals surface area contributed by atoms with Gasteiger partial charge in [0.1, 0.15) is 0 Å². The van der Waals surface area contributed by atoms with Crippen molar-refractivity contribution in [2.75, 3.05) is 0 Å². The molecule has 0 fully saturated rings. The molecule has 0 spiro atoms. The molecule has 3 aromatic heterocycles.